The predicted octanol–water partition coefficient (Wildman–Crippen LogP) is 2.02. The maximum absolute atomic E-state index is 11.8. The molecule has 1 aromatic rings. The van der Waals surface area contributed by atoms with Crippen LogP contribution < -0.4 is 5.56 Å². The van der Waals surface area contributed by atoms with Gasteiger partial charge < -0.3 is 9.47 Å². The molecule has 1 aromatic heterocycles. The highest BCUT2D eigenvalue weighted by Crippen LogP contribution is 2.09. The van der Waals surface area contributed by atoms with Gasteiger partial charge in [0, 0.05) is 29.3 Å². The van der Waals surface area contributed by atoms with E-state index in [1.807, 2.05) is 19.2 Å². The van der Waals surface area contributed by atoms with Crippen LogP contribution >= 0.6 is 15.9 Å². The van der Waals surface area contributed by atoms with Gasteiger partial charge in [0.1, 0.15) is 0 Å². The molecule has 3 nitrogen and oxygen atoms in total. The molecule has 0 spiro atoms. The number of hydrogen-bond donors (Lipinski definition) is 0. The van der Waals surface area contributed by atoms with E-state index in [4.69, 9.17) is 0 Å². The summed E-state index contributed by atoms with van der Waals surface area (Å²) in [6, 6.07) is 1.87. The molecule has 0 aromatic carbocycles. The van der Waals surface area contributed by atoms with Gasteiger partial charge in [0.15, 0.2) is 0 Å². The fraction of sp³-hybridized carbons (Fsp3) is 0.583. The maximum atomic E-state index is 11.8. The molecule has 1 saturated heterocycles. The first-order chi connectivity index (χ1) is 7.66. The van der Waals surface area contributed by atoms with E-state index >= 15 is 0 Å². The molecule has 0 unspecified atom stereocenters. The van der Waals surface area contributed by atoms with E-state index in [2.05, 4.69) is 20.8 Å². The lowest BCUT2D eigenvalue weighted by Crippen LogP contribution is -2.29. The van der Waals surface area contributed by atoms with Gasteiger partial charge in [0.25, 0.3) is 5.56 Å². The lowest BCUT2D eigenvalue weighted by Gasteiger charge is -2.15. The Morgan fingerprint density at radius 1 is 1.31 bits per heavy atom. The SMILES string of the molecule is Cc1cc(Br)cn(CCN2CCCC2)c1=O. The molecule has 0 radical (unpaired) electrons. The summed E-state index contributed by atoms with van der Waals surface area (Å²) < 4.78 is 2.78. The van der Waals surface area contributed by atoms with Crippen molar-refractivity contribution in [3.8, 4) is 0 Å². The lowest BCUT2D eigenvalue weighted by atomic mass is 10.3. The minimum absolute atomic E-state index is 0.127. The second kappa shape index (κ2) is 5.15. The van der Waals surface area contributed by atoms with Crippen molar-refractivity contribution in [2.75, 3.05) is 19.6 Å². The van der Waals surface area contributed by atoms with Crippen molar-refractivity contribution in [3.05, 3.63) is 32.7 Å². The average molecular weight is 285 g/mol. The summed E-state index contributed by atoms with van der Waals surface area (Å²) in [7, 11) is 0. The molecule has 1 fully saturated rings. The number of aromatic nitrogens is 1. The molecule has 1 aliphatic rings. The van der Waals surface area contributed by atoms with Crippen LogP contribution in [0.25, 0.3) is 0 Å². The van der Waals surface area contributed by atoms with Crippen LogP contribution in [0.2, 0.25) is 0 Å². The summed E-state index contributed by atoms with van der Waals surface area (Å²) in [6.07, 6.45) is 4.48. The molecule has 0 N–H and O–H groups in total. The largest absolute Gasteiger partial charge is 0.313 e. The Bertz CT molecular complexity index is 422. The molecule has 0 amide bonds. The van der Waals surface area contributed by atoms with Crippen LogP contribution in [-0.2, 0) is 6.54 Å². The van der Waals surface area contributed by atoms with Crippen molar-refractivity contribution in [1.29, 1.82) is 0 Å². The van der Waals surface area contributed by atoms with E-state index in [1.165, 1.54) is 25.9 Å². The first-order valence-corrected chi connectivity index (χ1v) is 6.55. The fourth-order valence-corrected chi connectivity index (χ4v) is 2.75. The van der Waals surface area contributed by atoms with E-state index < -0.39 is 0 Å². The quantitative estimate of drug-likeness (QED) is 0.849. The van der Waals surface area contributed by atoms with Gasteiger partial charge in [0.05, 0.1) is 0 Å². The molecule has 1 aliphatic heterocycles. The minimum atomic E-state index is 0.127. The number of aryl methyl sites for hydroxylation is 1. The van der Waals surface area contributed by atoms with Gasteiger partial charge in [-0.15, -0.1) is 0 Å². The van der Waals surface area contributed by atoms with Crippen LogP contribution in [-0.4, -0.2) is 29.1 Å². The normalized spacial score (nSPS) is 16.9. The topological polar surface area (TPSA) is 25.2 Å². The standard InChI is InChI=1S/C12H17BrN2O/c1-10-8-11(13)9-15(12(10)16)7-6-14-4-2-3-5-14/h8-9H,2-7H2,1H3. The van der Waals surface area contributed by atoms with E-state index in [1.54, 1.807) is 4.57 Å². The number of halogens is 1. The van der Waals surface area contributed by atoms with Crippen LogP contribution in [0.5, 0.6) is 0 Å². The summed E-state index contributed by atoms with van der Waals surface area (Å²) in [6.45, 7) is 6.00. The van der Waals surface area contributed by atoms with Gasteiger partial charge in [0.2, 0.25) is 0 Å². The van der Waals surface area contributed by atoms with Gasteiger partial charge in [-0.1, -0.05) is 0 Å². The van der Waals surface area contributed by atoms with Crippen LogP contribution in [0.4, 0.5) is 0 Å². The van der Waals surface area contributed by atoms with Crippen molar-refractivity contribution >= 4 is 15.9 Å². The Morgan fingerprint density at radius 3 is 2.69 bits per heavy atom. The van der Waals surface area contributed by atoms with Gasteiger partial charge in [-0.3, -0.25) is 4.79 Å². The van der Waals surface area contributed by atoms with E-state index in [0.29, 0.717) is 0 Å². The monoisotopic (exact) mass is 284 g/mol. The molecule has 0 aliphatic carbocycles. The van der Waals surface area contributed by atoms with Gasteiger partial charge in [-0.05, 0) is 54.9 Å². The minimum Gasteiger partial charge on any atom is -0.313 e. The zero-order valence-electron chi connectivity index (χ0n) is 9.58. The second-order valence-corrected chi connectivity index (χ2v) is 5.30. The zero-order valence-corrected chi connectivity index (χ0v) is 11.2. The van der Waals surface area contributed by atoms with Crippen molar-refractivity contribution in [2.24, 2.45) is 0 Å². The first-order valence-electron chi connectivity index (χ1n) is 5.76. The lowest BCUT2D eigenvalue weighted by molar-refractivity contribution is 0.320. The zero-order chi connectivity index (χ0) is 11.5. The highest BCUT2D eigenvalue weighted by Gasteiger charge is 2.11. The Morgan fingerprint density at radius 2 is 2.00 bits per heavy atom. The third-order valence-corrected chi connectivity index (χ3v) is 3.52. The summed E-state index contributed by atoms with van der Waals surface area (Å²) in [4.78, 5) is 14.3. The summed E-state index contributed by atoms with van der Waals surface area (Å²) in [5, 5.41) is 0. The number of pyridine rings is 1. The number of likely N-dealkylation sites (tertiary alicyclic amines) is 1. The van der Waals surface area contributed by atoms with Gasteiger partial charge in [-0.25, -0.2) is 0 Å². The smallest absolute Gasteiger partial charge is 0.253 e. The highest BCUT2D eigenvalue weighted by atomic mass is 79.9. The fourth-order valence-electron chi connectivity index (χ4n) is 2.16. The molecule has 0 atom stereocenters. The van der Waals surface area contributed by atoms with Crippen LogP contribution in [0, 0.1) is 6.92 Å². The predicted molar refractivity (Wildman–Crippen MR) is 68.8 cm³/mol. The molecular weight excluding hydrogens is 268 g/mol. The highest BCUT2D eigenvalue weighted by molar-refractivity contribution is 9.10. The molecule has 16 heavy (non-hydrogen) atoms. The summed E-state index contributed by atoms with van der Waals surface area (Å²) >= 11 is 3.43. The van der Waals surface area contributed by atoms with E-state index in [-0.39, 0.29) is 5.56 Å². The third-order valence-electron chi connectivity index (χ3n) is 3.09. The average Bonchev–Trinajstić information content (AvgIpc) is 2.74. The van der Waals surface area contributed by atoms with Crippen LogP contribution in [0.3, 0.4) is 0 Å². The van der Waals surface area contributed by atoms with Crippen molar-refractivity contribution < 1.29 is 0 Å². The molecule has 4 heteroatoms. The molecule has 88 valence electrons. The molecular formula is C12H17BrN2O. The summed E-state index contributed by atoms with van der Waals surface area (Å²) in [5.41, 5.74) is 0.929. The van der Waals surface area contributed by atoms with Crippen LogP contribution in [0.15, 0.2) is 21.5 Å². The Labute approximate surface area is 104 Å². The Balaban J connectivity index is 2.05. The first kappa shape index (κ1) is 11.9. The van der Waals surface area contributed by atoms with Gasteiger partial charge >= 0.3 is 0 Å². The summed E-state index contributed by atoms with van der Waals surface area (Å²) in [5.74, 6) is 0. The second-order valence-electron chi connectivity index (χ2n) is 4.39. The molecule has 0 saturated carbocycles. The van der Waals surface area contributed by atoms with Gasteiger partial charge in [-0.2, -0.15) is 0 Å². The van der Waals surface area contributed by atoms with Crippen molar-refractivity contribution in [2.45, 2.75) is 26.3 Å². The Hall–Kier alpha value is -0.610. The molecule has 2 heterocycles. The maximum Gasteiger partial charge on any atom is 0.253 e. The van der Waals surface area contributed by atoms with Crippen molar-refractivity contribution in [1.82, 2.24) is 9.47 Å². The number of rotatable bonds is 3. The number of nitrogens with zero attached hydrogens (tertiary/aromatic N) is 2. The molecule has 0 bridgehead atoms. The van der Waals surface area contributed by atoms with E-state index in [9.17, 15) is 4.79 Å². The Kier molecular flexibility index (Phi) is 3.82. The van der Waals surface area contributed by atoms with E-state index in [0.717, 1.165) is 23.1 Å². The van der Waals surface area contributed by atoms with Crippen LogP contribution in [0.1, 0.15) is 18.4 Å². The third kappa shape index (κ3) is 2.74. The van der Waals surface area contributed by atoms with Crippen molar-refractivity contribution in [3.63, 3.8) is 0 Å². The number of hydrogen-bond acceptors (Lipinski definition) is 2. The molecule has 2 rings (SSSR count).